The van der Waals surface area contributed by atoms with Crippen LogP contribution in [0.1, 0.15) is 0 Å². The molecule has 0 aromatic heterocycles. The predicted octanol–water partition coefficient (Wildman–Crippen LogP) is 4.71. The van der Waals surface area contributed by atoms with Gasteiger partial charge >= 0.3 is 25.7 Å². The average molecular weight is 470 g/mol. The van der Waals surface area contributed by atoms with E-state index in [4.69, 9.17) is 4.18 Å². The molecule has 0 unspecified atom stereocenters. The van der Waals surface area contributed by atoms with Crippen molar-refractivity contribution >= 4 is 52.6 Å². The van der Waals surface area contributed by atoms with Gasteiger partial charge < -0.3 is 8.37 Å². The SMILES string of the molecule is CS(=O)(=O)Oc1ccc2c3ccc(OS(=O)(=O)C(F)(F)F)cc3c3ccccc3c2c1. The van der Waals surface area contributed by atoms with Gasteiger partial charge in [0.15, 0.2) is 0 Å². The van der Waals surface area contributed by atoms with Gasteiger partial charge in [-0.3, -0.25) is 0 Å². The largest absolute Gasteiger partial charge is 0.534 e. The molecule has 0 spiro atoms. The molecule has 0 fully saturated rings. The van der Waals surface area contributed by atoms with Crippen LogP contribution in [0, 0.1) is 0 Å². The van der Waals surface area contributed by atoms with E-state index >= 15 is 0 Å². The van der Waals surface area contributed by atoms with E-state index < -0.39 is 31.5 Å². The van der Waals surface area contributed by atoms with Gasteiger partial charge in [0, 0.05) is 0 Å². The van der Waals surface area contributed by atoms with Crippen molar-refractivity contribution in [1.82, 2.24) is 0 Å². The summed E-state index contributed by atoms with van der Waals surface area (Å²) in [5.41, 5.74) is -5.55. The fourth-order valence-electron chi connectivity index (χ4n) is 3.37. The third-order valence-corrected chi connectivity index (χ3v) is 5.99. The molecule has 0 radical (unpaired) electrons. The van der Waals surface area contributed by atoms with Crippen LogP contribution in [0.25, 0.3) is 32.3 Å². The van der Waals surface area contributed by atoms with Gasteiger partial charge in [-0.05, 0) is 68.7 Å². The Bertz CT molecular complexity index is 1540. The summed E-state index contributed by atoms with van der Waals surface area (Å²) in [5, 5.41) is 3.67. The van der Waals surface area contributed by atoms with Crippen LogP contribution in [0.2, 0.25) is 0 Å². The summed E-state index contributed by atoms with van der Waals surface area (Å²) in [5.74, 6) is -0.373. The number of benzene rings is 4. The molecule has 31 heavy (non-hydrogen) atoms. The lowest BCUT2D eigenvalue weighted by molar-refractivity contribution is -0.0500. The van der Waals surface area contributed by atoms with Gasteiger partial charge in [-0.15, -0.1) is 0 Å². The van der Waals surface area contributed by atoms with Crippen molar-refractivity contribution in [3.05, 3.63) is 60.7 Å². The van der Waals surface area contributed by atoms with Crippen molar-refractivity contribution in [1.29, 1.82) is 0 Å². The minimum Gasteiger partial charge on any atom is -0.383 e. The van der Waals surface area contributed by atoms with Crippen LogP contribution in [0.5, 0.6) is 11.5 Å². The van der Waals surface area contributed by atoms with E-state index in [1.165, 1.54) is 18.2 Å². The smallest absolute Gasteiger partial charge is 0.383 e. The van der Waals surface area contributed by atoms with Crippen molar-refractivity contribution in [2.24, 2.45) is 0 Å². The van der Waals surface area contributed by atoms with Crippen LogP contribution in [0.4, 0.5) is 13.2 Å². The lowest BCUT2D eigenvalue weighted by atomic mass is 9.94. The summed E-state index contributed by atoms with van der Waals surface area (Å²) in [4.78, 5) is 0. The van der Waals surface area contributed by atoms with Crippen LogP contribution in [-0.4, -0.2) is 28.6 Å². The molecule has 0 amide bonds. The third-order valence-electron chi connectivity index (χ3n) is 4.52. The van der Waals surface area contributed by atoms with Gasteiger partial charge in [0.1, 0.15) is 11.5 Å². The van der Waals surface area contributed by atoms with E-state index in [-0.39, 0.29) is 5.75 Å². The number of hydrogen-bond acceptors (Lipinski definition) is 6. The van der Waals surface area contributed by atoms with Crippen molar-refractivity contribution in [3.8, 4) is 11.5 Å². The zero-order valence-electron chi connectivity index (χ0n) is 15.7. The minimum absolute atomic E-state index is 0.107. The highest BCUT2D eigenvalue weighted by Crippen LogP contribution is 2.39. The first-order chi connectivity index (χ1) is 14.4. The van der Waals surface area contributed by atoms with E-state index in [1.54, 1.807) is 36.4 Å². The molecule has 162 valence electrons. The summed E-state index contributed by atoms with van der Waals surface area (Å²) in [6.45, 7) is 0. The molecular weight excluding hydrogens is 457 g/mol. The lowest BCUT2D eigenvalue weighted by Crippen LogP contribution is -2.28. The topological polar surface area (TPSA) is 86.7 Å². The lowest BCUT2D eigenvalue weighted by Gasteiger charge is -2.14. The summed E-state index contributed by atoms with van der Waals surface area (Å²) in [6, 6.07) is 15.3. The molecule has 4 aromatic rings. The first kappa shape index (κ1) is 21.2. The highest BCUT2D eigenvalue weighted by molar-refractivity contribution is 7.88. The van der Waals surface area contributed by atoms with Crippen molar-refractivity contribution < 1.29 is 38.4 Å². The van der Waals surface area contributed by atoms with Crippen molar-refractivity contribution in [2.75, 3.05) is 6.26 Å². The van der Waals surface area contributed by atoms with Gasteiger partial charge in [0.2, 0.25) is 0 Å². The zero-order valence-corrected chi connectivity index (χ0v) is 17.3. The molecule has 0 saturated heterocycles. The predicted molar refractivity (Wildman–Crippen MR) is 110 cm³/mol. The van der Waals surface area contributed by atoms with Gasteiger partial charge in [-0.1, -0.05) is 24.3 Å². The minimum atomic E-state index is -5.81. The summed E-state index contributed by atoms with van der Waals surface area (Å²) < 4.78 is 93.0. The van der Waals surface area contributed by atoms with Crippen LogP contribution in [0.3, 0.4) is 0 Å². The standard InChI is InChI=1S/C20H13F3O6S2/c1-30(24,25)28-12-6-8-16-17-9-7-13(29-31(26,27)20(21,22)23)11-19(17)15-5-3-2-4-14(15)18(16)10-12/h2-11H,1H3. The average Bonchev–Trinajstić information content (AvgIpc) is 2.66. The molecule has 0 aliphatic heterocycles. The monoisotopic (exact) mass is 470 g/mol. The van der Waals surface area contributed by atoms with E-state index in [1.807, 2.05) is 0 Å². The second-order valence-electron chi connectivity index (χ2n) is 6.73. The normalized spacial score (nSPS) is 13.0. The molecule has 11 heteroatoms. The molecule has 4 rings (SSSR count). The first-order valence-electron chi connectivity index (χ1n) is 8.64. The number of rotatable bonds is 4. The molecule has 6 nitrogen and oxygen atoms in total. The van der Waals surface area contributed by atoms with E-state index in [0.717, 1.165) is 12.3 Å². The van der Waals surface area contributed by atoms with Crippen molar-refractivity contribution in [3.63, 3.8) is 0 Å². The Labute approximate surface area is 175 Å². The fourth-order valence-corrected chi connectivity index (χ4v) is 4.27. The Morgan fingerprint density at radius 1 is 0.645 bits per heavy atom. The third kappa shape index (κ3) is 3.98. The molecule has 0 atom stereocenters. The Morgan fingerprint density at radius 2 is 1.06 bits per heavy atom. The fraction of sp³-hybridized carbons (Fsp3) is 0.100. The summed E-state index contributed by atoms with van der Waals surface area (Å²) in [7, 11) is -9.55. The van der Waals surface area contributed by atoms with Crippen LogP contribution in [-0.2, 0) is 20.2 Å². The van der Waals surface area contributed by atoms with Gasteiger partial charge in [-0.2, -0.15) is 30.0 Å². The first-order valence-corrected chi connectivity index (χ1v) is 11.9. The van der Waals surface area contributed by atoms with Crippen molar-refractivity contribution in [2.45, 2.75) is 5.51 Å². The highest BCUT2D eigenvalue weighted by atomic mass is 32.2. The van der Waals surface area contributed by atoms with Gasteiger partial charge in [-0.25, -0.2) is 0 Å². The van der Waals surface area contributed by atoms with Gasteiger partial charge in [0.25, 0.3) is 0 Å². The Balaban J connectivity index is 1.98. The number of halogens is 3. The zero-order chi connectivity index (χ0) is 22.6. The van der Waals surface area contributed by atoms with Crippen LogP contribution in [0.15, 0.2) is 60.7 Å². The molecular formula is C20H13F3O6S2. The van der Waals surface area contributed by atoms with E-state index in [2.05, 4.69) is 4.18 Å². The van der Waals surface area contributed by atoms with Crippen LogP contribution < -0.4 is 8.37 Å². The molecule has 0 bridgehead atoms. The van der Waals surface area contributed by atoms with E-state index in [0.29, 0.717) is 32.3 Å². The maximum absolute atomic E-state index is 12.7. The quantitative estimate of drug-likeness (QED) is 0.244. The number of fused-ring (bicyclic) bond motifs is 6. The molecule has 4 aromatic carbocycles. The molecule has 0 N–H and O–H groups in total. The molecule has 0 heterocycles. The summed E-state index contributed by atoms with van der Waals surface area (Å²) >= 11 is 0. The molecule has 0 aliphatic carbocycles. The molecule has 0 saturated carbocycles. The Hall–Kier alpha value is -3.05. The van der Waals surface area contributed by atoms with Gasteiger partial charge in [0.05, 0.1) is 6.26 Å². The highest BCUT2D eigenvalue weighted by Gasteiger charge is 2.48. The number of hydrogen-bond donors (Lipinski definition) is 0. The second-order valence-corrected chi connectivity index (χ2v) is 9.84. The Kier molecular flexibility index (Phi) is 4.78. The van der Waals surface area contributed by atoms with E-state index in [9.17, 15) is 30.0 Å². The maximum atomic E-state index is 12.7. The summed E-state index contributed by atoms with van der Waals surface area (Å²) in [6.07, 6.45) is 0.923. The molecule has 0 aliphatic rings. The second kappa shape index (κ2) is 6.99. The maximum Gasteiger partial charge on any atom is 0.534 e. The Morgan fingerprint density at radius 3 is 1.48 bits per heavy atom. The van der Waals surface area contributed by atoms with Crippen LogP contribution >= 0.6 is 0 Å². The number of alkyl halides is 3.